The van der Waals surface area contributed by atoms with Crippen LogP contribution in [-0.4, -0.2) is 25.3 Å². The Kier molecular flexibility index (Phi) is 4.66. The number of anilines is 1. The van der Waals surface area contributed by atoms with E-state index in [-0.39, 0.29) is 5.56 Å². The maximum absolute atomic E-state index is 11.2. The molecule has 5 heteroatoms. The molecule has 0 fully saturated rings. The van der Waals surface area contributed by atoms with Gasteiger partial charge in [-0.15, -0.1) is 0 Å². The molecule has 0 saturated carbocycles. The second kappa shape index (κ2) is 6.65. The van der Waals surface area contributed by atoms with Crippen molar-refractivity contribution >= 4 is 11.7 Å². The standard InChI is InChI=1S/C16H17NO4/c1-20-12-8-7-11(15(9-12)21-2)10-17-14-6-4-3-5-13(14)16(18)19/h3-9,17H,10H2,1-2H3,(H,18,19). The number of benzene rings is 2. The topological polar surface area (TPSA) is 67.8 Å². The molecule has 110 valence electrons. The van der Waals surface area contributed by atoms with E-state index in [1.165, 1.54) is 0 Å². The fourth-order valence-corrected chi connectivity index (χ4v) is 2.01. The van der Waals surface area contributed by atoms with Gasteiger partial charge in [0.25, 0.3) is 0 Å². The summed E-state index contributed by atoms with van der Waals surface area (Å²) in [6.07, 6.45) is 0. The molecule has 0 aliphatic carbocycles. The first-order chi connectivity index (χ1) is 10.2. The van der Waals surface area contributed by atoms with Crippen molar-refractivity contribution in [1.29, 1.82) is 0 Å². The van der Waals surface area contributed by atoms with Gasteiger partial charge < -0.3 is 19.9 Å². The van der Waals surface area contributed by atoms with Gasteiger partial charge in [-0.05, 0) is 24.3 Å². The minimum Gasteiger partial charge on any atom is -0.497 e. The minimum absolute atomic E-state index is 0.241. The lowest BCUT2D eigenvalue weighted by Crippen LogP contribution is -2.07. The summed E-state index contributed by atoms with van der Waals surface area (Å²) in [5.41, 5.74) is 1.73. The molecule has 0 atom stereocenters. The molecule has 2 aromatic rings. The molecule has 0 aliphatic rings. The summed E-state index contributed by atoms with van der Waals surface area (Å²) in [6, 6.07) is 12.3. The number of carbonyl (C=O) groups is 1. The molecule has 0 amide bonds. The molecule has 2 aromatic carbocycles. The Labute approximate surface area is 123 Å². The number of nitrogens with one attached hydrogen (secondary N) is 1. The fraction of sp³-hybridized carbons (Fsp3) is 0.188. The van der Waals surface area contributed by atoms with E-state index in [1.807, 2.05) is 12.1 Å². The number of rotatable bonds is 6. The van der Waals surface area contributed by atoms with Gasteiger partial charge in [0, 0.05) is 23.9 Å². The lowest BCUT2D eigenvalue weighted by atomic mass is 10.1. The Bertz CT molecular complexity index is 640. The first-order valence-corrected chi connectivity index (χ1v) is 6.42. The molecule has 0 bridgehead atoms. The predicted molar refractivity (Wildman–Crippen MR) is 80.3 cm³/mol. The third-order valence-electron chi connectivity index (χ3n) is 3.12. The van der Waals surface area contributed by atoms with Crippen LogP contribution < -0.4 is 14.8 Å². The Morgan fingerprint density at radius 3 is 2.57 bits per heavy atom. The highest BCUT2D eigenvalue weighted by Crippen LogP contribution is 2.26. The van der Waals surface area contributed by atoms with Gasteiger partial charge in [-0.2, -0.15) is 0 Å². The number of aromatic carboxylic acids is 1. The van der Waals surface area contributed by atoms with Crippen LogP contribution in [0.1, 0.15) is 15.9 Å². The average molecular weight is 287 g/mol. The maximum atomic E-state index is 11.2. The predicted octanol–water partition coefficient (Wildman–Crippen LogP) is 3.01. The van der Waals surface area contributed by atoms with Crippen LogP contribution in [0.2, 0.25) is 0 Å². The lowest BCUT2D eigenvalue weighted by Gasteiger charge is -2.13. The summed E-state index contributed by atoms with van der Waals surface area (Å²) >= 11 is 0. The van der Waals surface area contributed by atoms with E-state index in [0.29, 0.717) is 23.7 Å². The van der Waals surface area contributed by atoms with E-state index in [9.17, 15) is 4.79 Å². The van der Waals surface area contributed by atoms with E-state index in [0.717, 1.165) is 5.56 Å². The van der Waals surface area contributed by atoms with E-state index < -0.39 is 5.97 Å². The van der Waals surface area contributed by atoms with E-state index in [1.54, 1.807) is 44.6 Å². The SMILES string of the molecule is COc1ccc(CNc2ccccc2C(=O)O)c(OC)c1. The Balaban J connectivity index is 2.19. The maximum Gasteiger partial charge on any atom is 0.337 e. The fourth-order valence-electron chi connectivity index (χ4n) is 2.01. The van der Waals surface area contributed by atoms with Crippen LogP contribution in [0.3, 0.4) is 0 Å². The third-order valence-corrected chi connectivity index (χ3v) is 3.12. The van der Waals surface area contributed by atoms with Gasteiger partial charge in [0.15, 0.2) is 0 Å². The molecule has 0 radical (unpaired) electrons. The summed E-state index contributed by atoms with van der Waals surface area (Å²) in [5, 5.41) is 12.3. The number of carboxylic acid groups (broad SMARTS) is 1. The number of carboxylic acids is 1. The molecule has 0 aliphatic heterocycles. The summed E-state index contributed by atoms with van der Waals surface area (Å²) in [7, 11) is 3.18. The number of para-hydroxylation sites is 1. The van der Waals surface area contributed by atoms with Crippen LogP contribution >= 0.6 is 0 Å². The van der Waals surface area contributed by atoms with Gasteiger partial charge in [0.2, 0.25) is 0 Å². The molecule has 21 heavy (non-hydrogen) atoms. The van der Waals surface area contributed by atoms with Gasteiger partial charge in [-0.1, -0.05) is 12.1 Å². The van der Waals surface area contributed by atoms with Gasteiger partial charge in [-0.25, -0.2) is 4.79 Å². The van der Waals surface area contributed by atoms with Crippen molar-refractivity contribution in [2.24, 2.45) is 0 Å². The van der Waals surface area contributed by atoms with Gasteiger partial charge in [0.1, 0.15) is 11.5 Å². The Morgan fingerprint density at radius 1 is 1.14 bits per heavy atom. The minimum atomic E-state index is -0.959. The van der Waals surface area contributed by atoms with Crippen LogP contribution in [0.5, 0.6) is 11.5 Å². The van der Waals surface area contributed by atoms with E-state index >= 15 is 0 Å². The van der Waals surface area contributed by atoms with E-state index in [4.69, 9.17) is 14.6 Å². The molecular weight excluding hydrogens is 270 g/mol. The van der Waals surface area contributed by atoms with Crippen LogP contribution in [-0.2, 0) is 6.54 Å². The molecule has 0 saturated heterocycles. The Hall–Kier alpha value is -2.69. The highest BCUT2D eigenvalue weighted by Gasteiger charge is 2.10. The number of ether oxygens (including phenoxy) is 2. The molecule has 0 heterocycles. The number of hydrogen-bond acceptors (Lipinski definition) is 4. The van der Waals surface area contributed by atoms with Crippen molar-refractivity contribution in [3.8, 4) is 11.5 Å². The van der Waals surface area contributed by atoms with Crippen LogP contribution in [0.4, 0.5) is 5.69 Å². The van der Waals surface area contributed by atoms with Crippen LogP contribution in [0, 0.1) is 0 Å². The zero-order chi connectivity index (χ0) is 15.2. The molecular formula is C16H17NO4. The molecule has 0 spiro atoms. The first kappa shape index (κ1) is 14.7. The monoisotopic (exact) mass is 287 g/mol. The number of methoxy groups -OCH3 is 2. The molecule has 0 aromatic heterocycles. The molecule has 2 N–H and O–H groups in total. The average Bonchev–Trinajstić information content (AvgIpc) is 2.52. The van der Waals surface area contributed by atoms with Crippen LogP contribution in [0.25, 0.3) is 0 Å². The smallest absolute Gasteiger partial charge is 0.337 e. The highest BCUT2D eigenvalue weighted by atomic mass is 16.5. The quantitative estimate of drug-likeness (QED) is 0.854. The van der Waals surface area contributed by atoms with Crippen molar-refractivity contribution in [3.05, 3.63) is 53.6 Å². The van der Waals surface area contributed by atoms with Crippen molar-refractivity contribution < 1.29 is 19.4 Å². The van der Waals surface area contributed by atoms with Crippen molar-refractivity contribution in [2.75, 3.05) is 19.5 Å². The third kappa shape index (κ3) is 3.45. The number of hydrogen-bond donors (Lipinski definition) is 2. The molecule has 0 unspecified atom stereocenters. The molecule has 2 rings (SSSR count). The second-order valence-corrected chi connectivity index (χ2v) is 4.38. The van der Waals surface area contributed by atoms with Gasteiger partial charge in [0.05, 0.1) is 19.8 Å². The summed E-state index contributed by atoms with van der Waals surface area (Å²) in [4.78, 5) is 11.2. The van der Waals surface area contributed by atoms with E-state index in [2.05, 4.69) is 5.32 Å². The van der Waals surface area contributed by atoms with Crippen LogP contribution in [0.15, 0.2) is 42.5 Å². The lowest BCUT2D eigenvalue weighted by molar-refractivity contribution is 0.0698. The first-order valence-electron chi connectivity index (χ1n) is 6.42. The summed E-state index contributed by atoms with van der Waals surface area (Å²) in [6.45, 7) is 0.456. The van der Waals surface area contributed by atoms with Crippen molar-refractivity contribution in [3.63, 3.8) is 0 Å². The zero-order valence-corrected chi connectivity index (χ0v) is 11.9. The zero-order valence-electron chi connectivity index (χ0n) is 11.9. The van der Waals surface area contributed by atoms with Gasteiger partial charge in [-0.3, -0.25) is 0 Å². The van der Waals surface area contributed by atoms with Crippen molar-refractivity contribution in [1.82, 2.24) is 0 Å². The summed E-state index contributed by atoms with van der Waals surface area (Å²) < 4.78 is 10.5. The van der Waals surface area contributed by atoms with Crippen molar-refractivity contribution in [2.45, 2.75) is 6.54 Å². The van der Waals surface area contributed by atoms with Gasteiger partial charge >= 0.3 is 5.97 Å². The second-order valence-electron chi connectivity index (χ2n) is 4.38. The molecule has 5 nitrogen and oxygen atoms in total. The summed E-state index contributed by atoms with van der Waals surface area (Å²) in [5.74, 6) is 0.441. The highest BCUT2D eigenvalue weighted by molar-refractivity contribution is 5.94. The largest absolute Gasteiger partial charge is 0.497 e. The normalized spacial score (nSPS) is 10.0. The Morgan fingerprint density at radius 2 is 1.90 bits per heavy atom.